The van der Waals surface area contributed by atoms with Gasteiger partial charge in [-0.15, -0.1) is 0 Å². The topological polar surface area (TPSA) is 55.8 Å². The Morgan fingerprint density at radius 1 is 1.50 bits per heavy atom. The second kappa shape index (κ2) is 7.38. The Hall–Kier alpha value is -0.650. The normalized spacial score (nSPS) is 28.9. The molecule has 2 N–H and O–H groups in total. The van der Waals surface area contributed by atoms with Crippen molar-refractivity contribution in [3.8, 4) is 0 Å². The van der Waals surface area contributed by atoms with E-state index in [-0.39, 0.29) is 0 Å². The number of rotatable bonds is 7. The first-order valence-corrected chi connectivity index (χ1v) is 7.69. The molecule has 0 aliphatic heterocycles. The molecule has 1 saturated carbocycles. The number of carboxylic acid groups (broad SMARTS) is 1. The zero-order valence-electron chi connectivity index (χ0n) is 13.6. The van der Waals surface area contributed by atoms with E-state index in [9.17, 15) is 9.90 Å². The van der Waals surface area contributed by atoms with Gasteiger partial charge in [0.15, 0.2) is 0 Å². The summed E-state index contributed by atoms with van der Waals surface area (Å²) in [5, 5.41) is 12.6. The number of carboxylic acids is 1. The molecule has 1 fully saturated rings. The largest absolute Gasteiger partial charge is 0.480 e. The Labute approximate surface area is 123 Å². The van der Waals surface area contributed by atoms with E-state index in [1.54, 1.807) is 7.05 Å². The molecule has 3 unspecified atom stereocenters. The molecule has 1 rings (SSSR count). The zero-order chi connectivity index (χ0) is 15.3. The van der Waals surface area contributed by atoms with Gasteiger partial charge in [0.05, 0.1) is 0 Å². The van der Waals surface area contributed by atoms with Gasteiger partial charge in [-0.2, -0.15) is 0 Å². The summed E-state index contributed by atoms with van der Waals surface area (Å²) in [5.74, 6) is -0.707. The Morgan fingerprint density at radius 3 is 2.60 bits per heavy atom. The Bertz CT molecular complexity index is 322. The van der Waals surface area contributed by atoms with Crippen LogP contribution in [0.2, 0.25) is 0 Å². The minimum Gasteiger partial charge on any atom is -0.480 e. The van der Waals surface area contributed by atoms with E-state index >= 15 is 0 Å². The third-order valence-electron chi connectivity index (χ3n) is 4.64. The van der Waals surface area contributed by atoms with E-state index in [1.165, 1.54) is 0 Å². The van der Waals surface area contributed by atoms with E-state index in [0.717, 1.165) is 32.4 Å². The van der Waals surface area contributed by atoms with Crippen LogP contribution in [0.25, 0.3) is 0 Å². The second-order valence-electron chi connectivity index (χ2n) is 6.33. The molecule has 0 aromatic heterocycles. The number of nitrogens with one attached hydrogen (secondary N) is 1. The molecular formula is C15H31N3O2. The monoisotopic (exact) mass is 285 g/mol. The Balaban J connectivity index is 2.80. The average molecular weight is 285 g/mol. The highest BCUT2D eigenvalue weighted by atomic mass is 16.4. The van der Waals surface area contributed by atoms with Crippen LogP contribution >= 0.6 is 0 Å². The molecule has 0 aromatic rings. The van der Waals surface area contributed by atoms with E-state index in [2.05, 4.69) is 43.1 Å². The van der Waals surface area contributed by atoms with Gasteiger partial charge in [-0.25, -0.2) is 0 Å². The molecule has 20 heavy (non-hydrogen) atoms. The molecule has 0 saturated heterocycles. The molecule has 5 heteroatoms. The summed E-state index contributed by atoms with van der Waals surface area (Å²) in [6, 6.07) is 0.800. The van der Waals surface area contributed by atoms with Crippen molar-refractivity contribution in [3.63, 3.8) is 0 Å². The summed E-state index contributed by atoms with van der Waals surface area (Å²) < 4.78 is 0. The maximum absolute atomic E-state index is 11.6. The summed E-state index contributed by atoms with van der Waals surface area (Å²) in [5.41, 5.74) is -0.742. The summed E-state index contributed by atoms with van der Waals surface area (Å²) in [6.45, 7) is 6.38. The average Bonchev–Trinajstić information content (AvgIpc) is 2.38. The molecule has 0 aromatic carbocycles. The standard InChI is InChI=1S/C15H31N3O2/c1-6-18(12(2)11-17(4)5)13-8-7-9-15(10-13,16-3)14(19)20/h12-13,16H,6-11H2,1-5H3,(H,19,20). The molecule has 1 aliphatic carbocycles. The van der Waals surface area contributed by atoms with Gasteiger partial charge in [-0.3, -0.25) is 9.69 Å². The van der Waals surface area contributed by atoms with Gasteiger partial charge in [0.1, 0.15) is 5.54 Å². The smallest absolute Gasteiger partial charge is 0.323 e. The third-order valence-corrected chi connectivity index (χ3v) is 4.64. The summed E-state index contributed by atoms with van der Waals surface area (Å²) in [4.78, 5) is 16.3. The van der Waals surface area contributed by atoms with Gasteiger partial charge in [0, 0.05) is 18.6 Å². The number of nitrogens with zero attached hydrogens (tertiary/aromatic N) is 2. The van der Waals surface area contributed by atoms with Crippen LogP contribution in [0.15, 0.2) is 0 Å². The van der Waals surface area contributed by atoms with Gasteiger partial charge in [0.25, 0.3) is 0 Å². The minimum absolute atomic E-state index is 0.354. The fourth-order valence-corrected chi connectivity index (χ4v) is 3.62. The Kier molecular flexibility index (Phi) is 6.43. The van der Waals surface area contributed by atoms with E-state index < -0.39 is 11.5 Å². The predicted octanol–water partition coefficient (Wildman–Crippen LogP) is 1.24. The second-order valence-corrected chi connectivity index (χ2v) is 6.33. The molecule has 1 aliphatic rings. The lowest BCUT2D eigenvalue weighted by molar-refractivity contribution is -0.147. The highest BCUT2D eigenvalue weighted by Gasteiger charge is 2.43. The summed E-state index contributed by atoms with van der Waals surface area (Å²) in [6.07, 6.45) is 3.50. The van der Waals surface area contributed by atoms with Crippen LogP contribution in [0.3, 0.4) is 0 Å². The summed E-state index contributed by atoms with van der Waals surface area (Å²) in [7, 11) is 5.94. The van der Waals surface area contributed by atoms with Crippen LogP contribution in [-0.2, 0) is 4.79 Å². The van der Waals surface area contributed by atoms with Crippen LogP contribution in [0.5, 0.6) is 0 Å². The maximum atomic E-state index is 11.6. The van der Waals surface area contributed by atoms with Crippen molar-refractivity contribution in [1.82, 2.24) is 15.1 Å². The van der Waals surface area contributed by atoms with Crippen LogP contribution in [0.1, 0.15) is 39.5 Å². The first kappa shape index (κ1) is 17.4. The van der Waals surface area contributed by atoms with Crippen molar-refractivity contribution in [3.05, 3.63) is 0 Å². The molecular weight excluding hydrogens is 254 g/mol. The van der Waals surface area contributed by atoms with Crippen LogP contribution in [0.4, 0.5) is 0 Å². The third kappa shape index (κ3) is 3.93. The van der Waals surface area contributed by atoms with Crippen LogP contribution in [0, 0.1) is 0 Å². The van der Waals surface area contributed by atoms with E-state index in [1.807, 2.05) is 0 Å². The van der Waals surface area contributed by atoms with Crippen molar-refractivity contribution in [2.24, 2.45) is 0 Å². The fraction of sp³-hybridized carbons (Fsp3) is 0.933. The van der Waals surface area contributed by atoms with Crippen molar-refractivity contribution in [2.75, 3.05) is 34.2 Å². The van der Waals surface area contributed by atoms with Gasteiger partial charge in [-0.05, 0) is 60.3 Å². The Morgan fingerprint density at radius 2 is 2.15 bits per heavy atom. The highest BCUT2D eigenvalue weighted by Crippen LogP contribution is 2.32. The summed E-state index contributed by atoms with van der Waals surface area (Å²) >= 11 is 0. The molecule has 0 spiro atoms. The molecule has 0 heterocycles. The first-order chi connectivity index (χ1) is 9.36. The van der Waals surface area contributed by atoms with Gasteiger partial charge in [-0.1, -0.05) is 6.92 Å². The number of aliphatic carboxylic acids is 1. The number of hydrogen-bond acceptors (Lipinski definition) is 4. The maximum Gasteiger partial charge on any atom is 0.323 e. The molecule has 0 amide bonds. The molecule has 0 radical (unpaired) electrons. The molecule has 118 valence electrons. The van der Waals surface area contributed by atoms with Gasteiger partial charge < -0.3 is 15.3 Å². The SMILES string of the molecule is CCN(C(C)CN(C)C)C1CCCC(NC)(C(=O)O)C1. The van der Waals surface area contributed by atoms with E-state index in [4.69, 9.17) is 0 Å². The van der Waals surface area contributed by atoms with Gasteiger partial charge >= 0.3 is 5.97 Å². The van der Waals surface area contributed by atoms with Gasteiger partial charge in [0.2, 0.25) is 0 Å². The number of likely N-dealkylation sites (N-methyl/N-ethyl adjacent to an activating group) is 3. The van der Waals surface area contributed by atoms with Crippen LogP contribution < -0.4 is 5.32 Å². The molecule has 0 bridgehead atoms. The number of hydrogen-bond donors (Lipinski definition) is 2. The lowest BCUT2D eigenvalue weighted by atomic mass is 9.78. The van der Waals surface area contributed by atoms with Crippen molar-refractivity contribution < 1.29 is 9.90 Å². The van der Waals surface area contributed by atoms with Crippen LogP contribution in [-0.4, -0.2) is 72.7 Å². The van der Waals surface area contributed by atoms with E-state index in [0.29, 0.717) is 18.5 Å². The fourth-order valence-electron chi connectivity index (χ4n) is 3.62. The zero-order valence-corrected chi connectivity index (χ0v) is 13.6. The molecule has 3 atom stereocenters. The predicted molar refractivity (Wildman–Crippen MR) is 82.1 cm³/mol. The van der Waals surface area contributed by atoms with Crippen molar-refractivity contribution in [2.45, 2.75) is 57.2 Å². The minimum atomic E-state index is -0.742. The quantitative estimate of drug-likeness (QED) is 0.737. The lowest BCUT2D eigenvalue weighted by Gasteiger charge is -2.44. The highest BCUT2D eigenvalue weighted by molar-refractivity contribution is 5.79. The lowest BCUT2D eigenvalue weighted by Crippen LogP contribution is -2.58. The van der Waals surface area contributed by atoms with Crippen molar-refractivity contribution >= 4 is 5.97 Å². The van der Waals surface area contributed by atoms with Crippen molar-refractivity contribution in [1.29, 1.82) is 0 Å². The number of carbonyl (C=O) groups is 1. The molecule has 5 nitrogen and oxygen atoms in total. The first-order valence-electron chi connectivity index (χ1n) is 7.69.